The van der Waals surface area contributed by atoms with E-state index in [2.05, 4.69) is 21.5 Å². The first-order valence-electron chi connectivity index (χ1n) is 5.34. The maximum absolute atomic E-state index is 9.18. The predicted octanol–water partition coefficient (Wildman–Crippen LogP) is 2.58. The van der Waals surface area contributed by atoms with Crippen LogP contribution in [0.1, 0.15) is 17.3 Å². The van der Waals surface area contributed by atoms with Crippen LogP contribution in [0.5, 0.6) is 0 Å². The standard InChI is InChI=1S/C12H12N4OS/c1-8-15-12(17-16-8)7-14-10-4-3-5-11(18-2)9(10)6-13/h3-5,14H,7H2,1-2H3. The fraction of sp³-hybridized carbons (Fsp3) is 0.250. The van der Waals surface area contributed by atoms with Gasteiger partial charge in [0.15, 0.2) is 5.82 Å². The van der Waals surface area contributed by atoms with Crippen molar-refractivity contribution in [2.75, 3.05) is 11.6 Å². The maximum atomic E-state index is 9.18. The topological polar surface area (TPSA) is 74.7 Å². The fourth-order valence-electron chi connectivity index (χ4n) is 1.55. The van der Waals surface area contributed by atoms with Gasteiger partial charge in [-0.1, -0.05) is 11.2 Å². The summed E-state index contributed by atoms with van der Waals surface area (Å²) >= 11 is 1.55. The van der Waals surface area contributed by atoms with E-state index in [-0.39, 0.29) is 0 Å². The zero-order chi connectivity index (χ0) is 13.0. The third-order valence-electron chi connectivity index (χ3n) is 2.36. The lowest BCUT2D eigenvalue weighted by molar-refractivity contribution is 0.379. The first-order chi connectivity index (χ1) is 8.74. The second kappa shape index (κ2) is 5.56. The van der Waals surface area contributed by atoms with Gasteiger partial charge in [0.2, 0.25) is 5.89 Å². The molecule has 0 atom stereocenters. The van der Waals surface area contributed by atoms with Crippen molar-refractivity contribution in [2.45, 2.75) is 18.4 Å². The highest BCUT2D eigenvalue weighted by Gasteiger charge is 2.08. The lowest BCUT2D eigenvalue weighted by Crippen LogP contribution is -2.02. The molecule has 0 aliphatic heterocycles. The molecule has 0 aliphatic carbocycles. The molecule has 5 nitrogen and oxygen atoms in total. The molecule has 1 N–H and O–H groups in total. The molecule has 6 heteroatoms. The molecule has 0 fully saturated rings. The predicted molar refractivity (Wildman–Crippen MR) is 69.3 cm³/mol. The number of hydrogen-bond donors (Lipinski definition) is 1. The summed E-state index contributed by atoms with van der Waals surface area (Å²) in [5.74, 6) is 1.11. The number of rotatable bonds is 4. The van der Waals surface area contributed by atoms with Gasteiger partial charge in [0.1, 0.15) is 6.07 Å². The van der Waals surface area contributed by atoms with E-state index in [9.17, 15) is 5.26 Å². The van der Waals surface area contributed by atoms with E-state index in [4.69, 9.17) is 4.52 Å². The number of anilines is 1. The second-order valence-corrected chi connectivity index (χ2v) is 4.43. The molecular weight excluding hydrogens is 248 g/mol. The molecule has 0 saturated carbocycles. The summed E-state index contributed by atoms with van der Waals surface area (Å²) in [6, 6.07) is 7.90. The third-order valence-corrected chi connectivity index (χ3v) is 3.14. The van der Waals surface area contributed by atoms with Gasteiger partial charge in [-0.15, -0.1) is 11.8 Å². The molecule has 0 spiro atoms. The van der Waals surface area contributed by atoms with Gasteiger partial charge in [0, 0.05) is 4.90 Å². The van der Waals surface area contributed by atoms with Crippen molar-refractivity contribution in [1.29, 1.82) is 5.26 Å². The third kappa shape index (κ3) is 2.63. The van der Waals surface area contributed by atoms with Crippen molar-refractivity contribution in [3.05, 3.63) is 35.5 Å². The van der Waals surface area contributed by atoms with Crippen LogP contribution < -0.4 is 5.32 Å². The van der Waals surface area contributed by atoms with Crippen LogP contribution in [-0.2, 0) is 6.54 Å². The molecule has 92 valence electrons. The quantitative estimate of drug-likeness (QED) is 0.852. The molecule has 2 rings (SSSR count). The molecule has 1 aromatic carbocycles. The summed E-state index contributed by atoms with van der Waals surface area (Å²) in [4.78, 5) is 5.04. The lowest BCUT2D eigenvalue weighted by atomic mass is 10.2. The summed E-state index contributed by atoms with van der Waals surface area (Å²) in [6.45, 7) is 2.18. The van der Waals surface area contributed by atoms with E-state index >= 15 is 0 Å². The van der Waals surface area contributed by atoms with Crippen molar-refractivity contribution in [3.8, 4) is 6.07 Å². The number of nitriles is 1. The molecule has 0 unspecified atom stereocenters. The van der Waals surface area contributed by atoms with E-state index in [0.29, 0.717) is 23.8 Å². The molecule has 2 aromatic rings. The Morgan fingerprint density at radius 2 is 2.33 bits per heavy atom. The smallest absolute Gasteiger partial charge is 0.245 e. The molecule has 0 bridgehead atoms. The van der Waals surface area contributed by atoms with Gasteiger partial charge in [-0.05, 0) is 25.3 Å². The van der Waals surface area contributed by atoms with Gasteiger partial charge in [-0.25, -0.2) is 0 Å². The molecule has 0 saturated heterocycles. The summed E-state index contributed by atoms with van der Waals surface area (Å²) in [5.41, 5.74) is 1.42. The Morgan fingerprint density at radius 1 is 1.50 bits per heavy atom. The van der Waals surface area contributed by atoms with Gasteiger partial charge < -0.3 is 9.84 Å². The zero-order valence-electron chi connectivity index (χ0n) is 10.1. The van der Waals surface area contributed by atoms with E-state index in [1.807, 2.05) is 24.5 Å². The molecule has 18 heavy (non-hydrogen) atoms. The molecular formula is C12H12N4OS. The van der Waals surface area contributed by atoms with Gasteiger partial charge in [0.25, 0.3) is 0 Å². The van der Waals surface area contributed by atoms with Crippen LogP contribution in [0.3, 0.4) is 0 Å². The minimum absolute atomic E-state index is 0.410. The Balaban J connectivity index is 2.17. The van der Waals surface area contributed by atoms with E-state index in [0.717, 1.165) is 10.6 Å². The maximum Gasteiger partial charge on any atom is 0.245 e. The zero-order valence-corrected chi connectivity index (χ0v) is 10.9. The average Bonchev–Trinajstić information content (AvgIpc) is 2.81. The highest BCUT2D eigenvalue weighted by atomic mass is 32.2. The van der Waals surface area contributed by atoms with Gasteiger partial charge in [-0.3, -0.25) is 0 Å². The number of aryl methyl sites for hydroxylation is 1. The Bertz CT molecular complexity index is 588. The fourth-order valence-corrected chi connectivity index (χ4v) is 2.12. The molecule has 1 aromatic heterocycles. The van der Waals surface area contributed by atoms with Crippen molar-refractivity contribution >= 4 is 17.4 Å². The lowest BCUT2D eigenvalue weighted by Gasteiger charge is -2.08. The minimum Gasteiger partial charge on any atom is -0.375 e. The molecule has 0 aliphatic rings. The van der Waals surface area contributed by atoms with Crippen LogP contribution in [0, 0.1) is 18.3 Å². The largest absolute Gasteiger partial charge is 0.375 e. The van der Waals surface area contributed by atoms with Crippen molar-refractivity contribution < 1.29 is 4.52 Å². The Hall–Kier alpha value is -2.00. The summed E-state index contributed by atoms with van der Waals surface area (Å²) in [7, 11) is 0. The number of nitrogens with one attached hydrogen (secondary N) is 1. The highest BCUT2D eigenvalue weighted by molar-refractivity contribution is 7.98. The van der Waals surface area contributed by atoms with Crippen molar-refractivity contribution in [2.24, 2.45) is 0 Å². The van der Waals surface area contributed by atoms with Crippen molar-refractivity contribution in [3.63, 3.8) is 0 Å². The first-order valence-corrected chi connectivity index (χ1v) is 6.57. The van der Waals surface area contributed by atoms with E-state index in [1.54, 1.807) is 18.7 Å². The van der Waals surface area contributed by atoms with Gasteiger partial charge in [-0.2, -0.15) is 10.2 Å². The van der Waals surface area contributed by atoms with Crippen LogP contribution in [0.15, 0.2) is 27.6 Å². The number of aromatic nitrogens is 2. The van der Waals surface area contributed by atoms with Gasteiger partial charge >= 0.3 is 0 Å². The van der Waals surface area contributed by atoms with Crippen LogP contribution >= 0.6 is 11.8 Å². The number of thioether (sulfide) groups is 1. The summed E-state index contributed by atoms with van der Waals surface area (Å²) in [6.07, 6.45) is 1.95. The number of nitrogens with zero attached hydrogens (tertiary/aromatic N) is 3. The Morgan fingerprint density at radius 3 is 2.94 bits per heavy atom. The van der Waals surface area contributed by atoms with E-state index in [1.165, 1.54) is 0 Å². The summed E-state index contributed by atoms with van der Waals surface area (Å²) < 4.78 is 5.00. The number of benzene rings is 1. The molecule has 0 radical (unpaired) electrons. The molecule has 1 heterocycles. The van der Waals surface area contributed by atoms with Crippen molar-refractivity contribution in [1.82, 2.24) is 10.1 Å². The monoisotopic (exact) mass is 260 g/mol. The van der Waals surface area contributed by atoms with Crippen LogP contribution in [0.2, 0.25) is 0 Å². The Labute approximate surface area is 109 Å². The van der Waals surface area contributed by atoms with Gasteiger partial charge in [0.05, 0.1) is 17.8 Å². The SMILES string of the molecule is CSc1cccc(NCc2nc(C)no2)c1C#N. The van der Waals surface area contributed by atoms with Crippen LogP contribution in [0.4, 0.5) is 5.69 Å². The second-order valence-electron chi connectivity index (χ2n) is 3.58. The molecule has 0 amide bonds. The van der Waals surface area contributed by atoms with Crippen LogP contribution in [0.25, 0.3) is 0 Å². The van der Waals surface area contributed by atoms with E-state index < -0.39 is 0 Å². The summed E-state index contributed by atoms with van der Waals surface area (Å²) in [5, 5.41) is 16.0. The first kappa shape index (κ1) is 12.5. The highest BCUT2D eigenvalue weighted by Crippen LogP contribution is 2.26. The normalized spacial score (nSPS) is 10.1. The Kier molecular flexibility index (Phi) is 3.85. The minimum atomic E-state index is 0.410. The number of hydrogen-bond acceptors (Lipinski definition) is 6. The average molecular weight is 260 g/mol. The van der Waals surface area contributed by atoms with Crippen LogP contribution in [-0.4, -0.2) is 16.4 Å².